The van der Waals surface area contributed by atoms with Crippen LogP contribution in [0.4, 0.5) is 0 Å². The number of rotatable bonds is 7. The van der Waals surface area contributed by atoms with E-state index >= 15 is 0 Å². The summed E-state index contributed by atoms with van der Waals surface area (Å²) < 4.78 is 6.74. The molecule has 6 rings (SSSR count). The van der Waals surface area contributed by atoms with E-state index in [9.17, 15) is 19.5 Å². The molecule has 2 saturated heterocycles. The minimum atomic E-state index is -1.18. The molecule has 0 aromatic heterocycles. The number of hydrogen-bond acceptors (Lipinski definition) is 5. The topological polar surface area (TPSA) is 90.4 Å². The fourth-order valence-corrected chi connectivity index (χ4v) is 7.51. The highest BCUT2D eigenvalue weighted by Crippen LogP contribution is 2.53. The van der Waals surface area contributed by atoms with Crippen molar-refractivity contribution in [2.75, 3.05) is 26.2 Å². The van der Waals surface area contributed by atoms with Crippen LogP contribution in [-0.4, -0.2) is 87.6 Å². The third kappa shape index (κ3) is 4.51. The molecule has 5 aliphatic rings. The lowest BCUT2D eigenvalue weighted by Crippen LogP contribution is -2.57. The van der Waals surface area contributed by atoms with Crippen LogP contribution in [0.1, 0.15) is 50.5 Å². The van der Waals surface area contributed by atoms with Crippen molar-refractivity contribution in [3.8, 4) is 0 Å². The van der Waals surface area contributed by atoms with Gasteiger partial charge in [0.2, 0.25) is 17.7 Å². The summed E-state index contributed by atoms with van der Waals surface area (Å²) in [6.45, 7) is 1.79. The zero-order chi connectivity index (χ0) is 27.0. The lowest BCUT2D eigenvalue weighted by atomic mass is 9.77. The molecular formula is C31H39N3O5. The summed E-state index contributed by atoms with van der Waals surface area (Å²) in [5.41, 5.74) is -0.151. The Morgan fingerprint density at radius 1 is 0.923 bits per heavy atom. The molecule has 3 fully saturated rings. The van der Waals surface area contributed by atoms with Crippen molar-refractivity contribution in [3.63, 3.8) is 0 Å². The fourth-order valence-electron chi connectivity index (χ4n) is 7.51. The van der Waals surface area contributed by atoms with Gasteiger partial charge in [0.15, 0.2) is 0 Å². The van der Waals surface area contributed by atoms with Gasteiger partial charge in [-0.3, -0.25) is 14.4 Å². The summed E-state index contributed by atoms with van der Waals surface area (Å²) in [5, 5.41) is 9.41. The molecule has 0 bridgehead atoms. The lowest BCUT2D eigenvalue weighted by molar-refractivity contribution is -0.150. The van der Waals surface area contributed by atoms with Crippen LogP contribution in [0.25, 0.3) is 0 Å². The van der Waals surface area contributed by atoms with Crippen molar-refractivity contribution in [2.24, 2.45) is 11.8 Å². The Bertz CT molecular complexity index is 1150. The summed E-state index contributed by atoms with van der Waals surface area (Å²) in [5.74, 6) is -1.81. The Kier molecular flexibility index (Phi) is 7.33. The largest absolute Gasteiger partial charge is 0.396 e. The Balaban J connectivity index is 1.36. The van der Waals surface area contributed by atoms with Gasteiger partial charge in [-0.15, -0.1) is 0 Å². The number of carbonyl (C=O) groups is 3. The van der Waals surface area contributed by atoms with Crippen molar-refractivity contribution in [1.29, 1.82) is 0 Å². The molecule has 4 aliphatic heterocycles. The molecule has 1 unspecified atom stereocenters. The van der Waals surface area contributed by atoms with Crippen molar-refractivity contribution >= 4 is 17.7 Å². The van der Waals surface area contributed by atoms with Crippen molar-refractivity contribution in [1.82, 2.24) is 14.7 Å². The van der Waals surface area contributed by atoms with Crippen molar-refractivity contribution in [2.45, 2.75) is 75.3 Å². The van der Waals surface area contributed by atoms with Gasteiger partial charge in [-0.25, -0.2) is 0 Å². The average Bonchev–Trinajstić information content (AvgIpc) is 3.27. The molecule has 3 amide bonds. The van der Waals surface area contributed by atoms with E-state index < -0.39 is 29.6 Å². The van der Waals surface area contributed by atoms with E-state index in [1.165, 1.54) is 6.42 Å². The highest BCUT2D eigenvalue weighted by Gasteiger charge is 2.71. The first-order valence-corrected chi connectivity index (χ1v) is 14.6. The molecule has 1 spiro atoms. The molecule has 4 heterocycles. The molecule has 8 nitrogen and oxygen atoms in total. The van der Waals surface area contributed by atoms with Gasteiger partial charge >= 0.3 is 0 Å². The van der Waals surface area contributed by atoms with E-state index in [4.69, 9.17) is 4.74 Å². The molecule has 5 atom stereocenters. The third-order valence-electron chi connectivity index (χ3n) is 9.31. The summed E-state index contributed by atoms with van der Waals surface area (Å²) in [7, 11) is 0. The Hall–Kier alpha value is -2.97. The number of fused-ring (bicyclic) bond motifs is 2. The molecular weight excluding hydrogens is 494 g/mol. The normalized spacial score (nSPS) is 32.7. The Labute approximate surface area is 230 Å². The number of amides is 3. The lowest BCUT2D eigenvalue weighted by Gasteiger charge is -2.39. The predicted octanol–water partition coefficient (Wildman–Crippen LogP) is 2.67. The second kappa shape index (κ2) is 10.9. The number of ether oxygens (including phenoxy) is 1. The molecule has 1 aromatic rings. The zero-order valence-corrected chi connectivity index (χ0v) is 22.5. The average molecular weight is 534 g/mol. The minimum absolute atomic E-state index is 0.0300. The van der Waals surface area contributed by atoms with Crippen molar-refractivity contribution in [3.05, 3.63) is 60.2 Å². The van der Waals surface area contributed by atoms with Crippen LogP contribution in [0.3, 0.4) is 0 Å². The van der Waals surface area contributed by atoms with Gasteiger partial charge in [0.25, 0.3) is 0 Å². The van der Waals surface area contributed by atoms with E-state index in [2.05, 4.69) is 0 Å². The number of hydrogen-bond donors (Lipinski definition) is 1. The number of carbonyl (C=O) groups excluding carboxylic acids is 3. The highest BCUT2D eigenvalue weighted by atomic mass is 16.5. The summed E-state index contributed by atoms with van der Waals surface area (Å²) in [6, 6.07) is 9.22. The van der Waals surface area contributed by atoms with Gasteiger partial charge in [0.05, 0.1) is 17.9 Å². The monoisotopic (exact) mass is 533 g/mol. The Morgan fingerprint density at radius 2 is 1.72 bits per heavy atom. The quantitative estimate of drug-likeness (QED) is 0.430. The van der Waals surface area contributed by atoms with Crippen molar-refractivity contribution < 1.29 is 24.2 Å². The van der Waals surface area contributed by atoms with Gasteiger partial charge < -0.3 is 24.5 Å². The van der Waals surface area contributed by atoms with Crippen LogP contribution >= 0.6 is 0 Å². The number of unbranched alkanes of at least 4 members (excludes halogenated alkanes) is 1. The van der Waals surface area contributed by atoms with Crippen LogP contribution in [0.15, 0.2) is 54.6 Å². The predicted molar refractivity (Wildman–Crippen MR) is 145 cm³/mol. The van der Waals surface area contributed by atoms with E-state index in [-0.39, 0.29) is 30.4 Å². The molecule has 1 aliphatic carbocycles. The standard InChI is InChI=1S/C31H39N3O5/c35-20-8-7-18-34-27-30(38)33(23-13-5-2-6-14-23)19-10-16-31(27)26(29(34)37)25-24(39-31)15-9-17-32(28(25)36)21-22-11-3-1-4-12-22/h1,3-4,9-12,15-16,23-27,35H,2,5-8,13-14,17-21H2/t24-,25+,26-,27?,31-/m0/s1. The van der Waals surface area contributed by atoms with Crippen LogP contribution in [-0.2, 0) is 25.7 Å². The van der Waals surface area contributed by atoms with Crippen LogP contribution in [0.5, 0.6) is 0 Å². The number of likely N-dealkylation sites (tertiary alicyclic amines) is 1. The van der Waals surface area contributed by atoms with Gasteiger partial charge in [-0.1, -0.05) is 73.9 Å². The fraction of sp³-hybridized carbons (Fsp3) is 0.581. The number of benzene rings is 1. The van der Waals surface area contributed by atoms with Gasteiger partial charge in [0.1, 0.15) is 11.6 Å². The zero-order valence-electron chi connectivity index (χ0n) is 22.5. The summed E-state index contributed by atoms with van der Waals surface area (Å²) in [6.07, 6.45) is 13.7. The maximum absolute atomic E-state index is 14.4. The molecule has 1 N–H and O–H groups in total. The molecule has 8 heteroatoms. The maximum Gasteiger partial charge on any atom is 0.249 e. The van der Waals surface area contributed by atoms with Gasteiger partial charge in [-0.2, -0.15) is 0 Å². The van der Waals surface area contributed by atoms with Crippen LogP contribution in [0, 0.1) is 11.8 Å². The minimum Gasteiger partial charge on any atom is -0.396 e. The first-order valence-electron chi connectivity index (χ1n) is 14.6. The second-order valence-corrected chi connectivity index (χ2v) is 11.6. The molecule has 0 radical (unpaired) electrons. The smallest absolute Gasteiger partial charge is 0.249 e. The van der Waals surface area contributed by atoms with E-state index in [1.54, 1.807) is 9.80 Å². The second-order valence-electron chi connectivity index (χ2n) is 11.6. The van der Waals surface area contributed by atoms with Gasteiger partial charge in [-0.05, 0) is 31.2 Å². The van der Waals surface area contributed by atoms with Crippen LogP contribution < -0.4 is 0 Å². The number of nitrogens with zero attached hydrogens (tertiary/aromatic N) is 3. The Morgan fingerprint density at radius 3 is 2.49 bits per heavy atom. The number of aliphatic hydroxyl groups is 1. The SMILES string of the molecule is O=C1[C@@H]2[C@H](C=CCN1Cc1ccccc1)O[C@]13C=CCN(C4CCCCC4)C(=O)C1N(CCCCO)C(=O)[C@H]23. The van der Waals surface area contributed by atoms with Gasteiger partial charge in [0, 0.05) is 38.8 Å². The molecule has 1 saturated carbocycles. The van der Waals surface area contributed by atoms with E-state index in [1.807, 2.05) is 59.5 Å². The number of aliphatic hydroxyl groups excluding tert-OH is 1. The first-order chi connectivity index (χ1) is 19.0. The van der Waals surface area contributed by atoms with E-state index in [0.717, 1.165) is 31.2 Å². The first kappa shape index (κ1) is 26.3. The summed E-state index contributed by atoms with van der Waals surface area (Å²) >= 11 is 0. The third-order valence-corrected chi connectivity index (χ3v) is 9.31. The summed E-state index contributed by atoms with van der Waals surface area (Å²) in [4.78, 5) is 48.2. The molecule has 208 valence electrons. The maximum atomic E-state index is 14.4. The molecule has 39 heavy (non-hydrogen) atoms. The van der Waals surface area contributed by atoms with Crippen LogP contribution in [0.2, 0.25) is 0 Å². The highest BCUT2D eigenvalue weighted by molar-refractivity contribution is 5.99. The molecule has 1 aromatic carbocycles. The van der Waals surface area contributed by atoms with E-state index in [0.29, 0.717) is 39.0 Å².